The zero-order valence-corrected chi connectivity index (χ0v) is 12.5. The molecule has 0 aliphatic carbocycles. The van der Waals surface area contributed by atoms with E-state index in [0.717, 1.165) is 6.54 Å². The molecule has 0 bridgehead atoms. The summed E-state index contributed by atoms with van der Waals surface area (Å²) in [4.78, 5) is 20.5. The number of likely N-dealkylation sites (tertiary alicyclic amines) is 1. The SMILES string of the molecule is CC1CN(C(=O)c2ccc(/C(N)=N/O)cn2)CC1N(C)C. The van der Waals surface area contributed by atoms with Crippen molar-refractivity contribution in [3.05, 3.63) is 29.6 Å². The monoisotopic (exact) mass is 291 g/mol. The Kier molecular flexibility index (Phi) is 4.42. The molecule has 1 saturated heterocycles. The molecule has 2 rings (SSSR count). The number of hydrogen-bond acceptors (Lipinski definition) is 5. The van der Waals surface area contributed by atoms with Gasteiger partial charge in [-0.05, 0) is 32.1 Å². The van der Waals surface area contributed by atoms with Gasteiger partial charge in [0.05, 0.1) is 0 Å². The van der Waals surface area contributed by atoms with Crippen LogP contribution in [0, 0.1) is 5.92 Å². The lowest BCUT2D eigenvalue weighted by molar-refractivity contribution is 0.0775. The van der Waals surface area contributed by atoms with Gasteiger partial charge in [-0.25, -0.2) is 0 Å². The zero-order chi connectivity index (χ0) is 15.6. The molecule has 1 aromatic rings. The van der Waals surface area contributed by atoms with Gasteiger partial charge in [0.15, 0.2) is 5.84 Å². The van der Waals surface area contributed by atoms with Gasteiger partial charge in [-0.2, -0.15) is 0 Å². The van der Waals surface area contributed by atoms with Gasteiger partial charge < -0.3 is 20.7 Å². The molecule has 7 nitrogen and oxygen atoms in total. The maximum Gasteiger partial charge on any atom is 0.272 e. The number of likely N-dealkylation sites (N-methyl/N-ethyl adjacent to an activating group) is 1. The van der Waals surface area contributed by atoms with Crippen LogP contribution in [0.1, 0.15) is 23.0 Å². The lowest BCUT2D eigenvalue weighted by Crippen LogP contribution is -2.36. The highest BCUT2D eigenvalue weighted by Gasteiger charge is 2.34. The first kappa shape index (κ1) is 15.2. The topological polar surface area (TPSA) is 95.0 Å². The molecular formula is C14H21N5O2. The van der Waals surface area contributed by atoms with Crippen LogP contribution in [0.25, 0.3) is 0 Å². The Morgan fingerprint density at radius 1 is 1.48 bits per heavy atom. The highest BCUT2D eigenvalue weighted by Crippen LogP contribution is 2.21. The quantitative estimate of drug-likeness (QED) is 0.359. The van der Waals surface area contributed by atoms with E-state index in [9.17, 15) is 4.79 Å². The number of nitrogens with zero attached hydrogens (tertiary/aromatic N) is 4. The van der Waals surface area contributed by atoms with Crippen molar-refractivity contribution in [1.29, 1.82) is 0 Å². The maximum absolute atomic E-state index is 12.4. The van der Waals surface area contributed by atoms with Crippen molar-refractivity contribution in [3.63, 3.8) is 0 Å². The summed E-state index contributed by atoms with van der Waals surface area (Å²) >= 11 is 0. The summed E-state index contributed by atoms with van der Waals surface area (Å²) in [6, 6.07) is 3.59. The Hall–Kier alpha value is -2.15. The fraction of sp³-hybridized carbons (Fsp3) is 0.500. The average Bonchev–Trinajstić information content (AvgIpc) is 2.88. The Morgan fingerprint density at radius 2 is 2.19 bits per heavy atom. The van der Waals surface area contributed by atoms with E-state index in [-0.39, 0.29) is 11.7 Å². The van der Waals surface area contributed by atoms with E-state index >= 15 is 0 Å². The summed E-state index contributed by atoms with van der Waals surface area (Å²) in [7, 11) is 4.05. The number of oxime groups is 1. The van der Waals surface area contributed by atoms with Crippen molar-refractivity contribution in [2.24, 2.45) is 16.8 Å². The van der Waals surface area contributed by atoms with Crippen LogP contribution < -0.4 is 5.73 Å². The fourth-order valence-corrected chi connectivity index (χ4v) is 2.68. The molecule has 0 saturated carbocycles. The fourth-order valence-electron chi connectivity index (χ4n) is 2.68. The van der Waals surface area contributed by atoms with Gasteiger partial charge in [0.2, 0.25) is 0 Å². The third kappa shape index (κ3) is 3.13. The minimum Gasteiger partial charge on any atom is -0.409 e. The van der Waals surface area contributed by atoms with Gasteiger partial charge >= 0.3 is 0 Å². The van der Waals surface area contributed by atoms with Crippen molar-refractivity contribution in [1.82, 2.24) is 14.8 Å². The van der Waals surface area contributed by atoms with Gasteiger partial charge in [-0.3, -0.25) is 9.78 Å². The molecule has 2 heterocycles. The standard InChI is InChI=1S/C14H21N5O2/c1-9-7-19(8-12(9)18(2)3)14(20)11-5-4-10(6-16-11)13(15)17-21/h4-6,9,12,21H,7-8H2,1-3H3,(H2,15,17). The van der Waals surface area contributed by atoms with Crippen molar-refractivity contribution in [2.75, 3.05) is 27.2 Å². The van der Waals surface area contributed by atoms with Crippen molar-refractivity contribution in [2.45, 2.75) is 13.0 Å². The number of amidine groups is 1. The number of hydrogen-bond donors (Lipinski definition) is 2. The molecule has 1 amide bonds. The largest absolute Gasteiger partial charge is 0.409 e. The summed E-state index contributed by atoms with van der Waals surface area (Å²) in [5.74, 6) is 0.321. The molecule has 3 N–H and O–H groups in total. The van der Waals surface area contributed by atoms with E-state index in [4.69, 9.17) is 10.9 Å². The molecule has 0 radical (unpaired) electrons. The van der Waals surface area contributed by atoms with E-state index in [0.29, 0.717) is 29.8 Å². The van der Waals surface area contributed by atoms with E-state index in [1.54, 1.807) is 12.1 Å². The van der Waals surface area contributed by atoms with Crippen LogP contribution in [-0.2, 0) is 0 Å². The minimum absolute atomic E-state index is 0.0241. The summed E-state index contributed by atoms with van der Waals surface area (Å²) < 4.78 is 0. The Morgan fingerprint density at radius 3 is 2.67 bits per heavy atom. The van der Waals surface area contributed by atoms with Gasteiger partial charge in [0.25, 0.3) is 5.91 Å². The number of carbonyl (C=O) groups excluding carboxylic acids is 1. The second-order valence-electron chi connectivity index (χ2n) is 5.64. The lowest BCUT2D eigenvalue weighted by atomic mass is 10.1. The van der Waals surface area contributed by atoms with Crippen molar-refractivity contribution >= 4 is 11.7 Å². The average molecular weight is 291 g/mol. The van der Waals surface area contributed by atoms with Gasteiger partial charge in [-0.1, -0.05) is 12.1 Å². The summed E-state index contributed by atoms with van der Waals surface area (Å²) in [6.45, 7) is 3.58. The predicted octanol–water partition coefficient (Wildman–Crippen LogP) is 0.198. The third-order valence-electron chi connectivity index (χ3n) is 3.91. The number of nitrogens with two attached hydrogens (primary N) is 1. The predicted molar refractivity (Wildman–Crippen MR) is 79.3 cm³/mol. The molecule has 2 unspecified atom stereocenters. The number of rotatable bonds is 3. The van der Waals surface area contributed by atoms with Crippen molar-refractivity contribution in [3.8, 4) is 0 Å². The minimum atomic E-state index is -0.0859. The van der Waals surface area contributed by atoms with Crippen LogP contribution in [0.4, 0.5) is 0 Å². The lowest BCUT2D eigenvalue weighted by Gasteiger charge is -2.22. The molecule has 114 valence electrons. The first-order valence-electron chi connectivity index (χ1n) is 6.83. The first-order valence-corrected chi connectivity index (χ1v) is 6.83. The first-order chi connectivity index (χ1) is 9.93. The molecule has 1 fully saturated rings. The number of amides is 1. The molecular weight excluding hydrogens is 270 g/mol. The van der Waals surface area contributed by atoms with Crippen LogP contribution in [0.2, 0.25) is 0 Å². The summed E-state index contributed by atoms with van der Waals surface area (Å²) in [5.41, 5.74) is 6.32. The second-order valence-corrected chi connectivity index (χ2v) is 5.64. The van der Waals surface area contributed by atoms with E-state index in [2.05, 4.69) is 22.0 Å². The maximum atomic E-state index is 12.4. The van der Waals surface area contributed by atoms with Gasteiger partial charge in [0, 0.05) is 30.9 Å². The molecule has 0 spiro atoms. The van der Waals surface area contributed by atoms with Crippen LogP contribution in [-0.4, -0.2) is 65.0 Å². The van der Waals surface area contributed by atoms with E-state index < -0.39 is 0 Å². The summed E-state index contributed by atoms with van der Waals surface area (Å²) in [5, 5.41) is 11.5. The number of aromatic nitrogens is 1. The zero-order valence-electron chi connectivity index (χ0n) is 12.5. The molecule has 21 heavy (non-hydrogen) atoms. The van der Waals surface area contributed by atoms with Crippen molar-refractivity contribution < 1.29 is 10.0 Å². The number of pyridine rings is 1. The smallest absolute Gasteiger partial charge is 0.272 e. The van der Waals surface area contributed by atoms with Gasteiger partial charge in [-0.15, -0.1) is 0 Å². The molecule has 7 heteroatoms. The van der Waals surface area contributed by atoms with Crippen LogP contribution >= 0.6 is 0 Å². The van der Waals surface area contributed by atoms with Crippen LogP contribution in [0.15, 0.2) is 23.5 Å². The Labute approximate surface area is 124 Å². The molecule has 2 atom stereocenters. The molecule has 0 aromatic carbocycles. The van der Waals surface area contributed by atoms with E-state index in [1.165, 1.54) is 6.20 Å². The summed E-state index contributed by atoms with van der Waals surface area (Å²) in [6.07, 6.45) is 1.44. The number of carbonyl (C=O) groups is 1. The van der Waals surface area contributed by atoms with Crippen LogP contribution in [0.5, 0.6) is 0 Å². The van der Waals surface area contributed by atoms with E-state index in [1.807, 2.05) is 19.0 Å². The van der Waals surface area contributed by atoms with Crippen LogP contribution in [0.3, 0.4) is 0 Å². The molecule has 1 aliphatic heterocycles. The Bertz CT molecular complexity index is 541. The highest BCUT2D eigenvalue weighted by atomic mass is 16.4. The second kappa shape index (κ2) is 6.09. The third-order valence-corrected chi connectivity index (χ3v) is 3.91. The molecule has 1 aliphatic rings. The molecule has 1 aromatic heterocycles. The normalized spacial score (nSPS) is 22.9. The van der Waals surface area contributed by atoms with Gasteiger partial charge in [0.1, 0.15) is 5.69 Å². The Balaban J connectivity index is 2.11. The highest BCUT2D eigenvalue weighted by molar-refractivity contribution is 5.98.